The fourth-order valence-electron chi connectivity index (χ4n) is 1.73. The first-order chi connectivity index (χ1) is 9.51. The number of aromatic nitrogens is 2. The lowest BCUT2D eigenvalue weighted by atomic mass is 10.2. The molecule has 1 aromatic heterocycles. The van der Waals surface area contributed by atoms with Gasteiger partial charge in [0.1, 0.15) is 12.1 Å². The van der Waals surface area contributed by atoms with Crippen molar-refractivity contribution in [3.8, 4) is 0 Å². The highest BCUT2D eigenvalue weighted by molar-refractivity contribution is 7.91. The first kappa shape index (κ1) is 14.5. The topological polar surface area (TPSA) is 72.0 Å². The van der Waals surface area contributed by atoms with Gasteiger partial charge in [-0.05, 0) is 24.6 Å². The normalized spacial score (nSPS) is 11.3. The predicted octanol–water partition coefficient (Wildman–Crippen LogP) is 2.19. The van der Waals surface area contributed by atoms with Crippen LogP contribution >= 0.6 is 0 Å². The summed E-state index contributed by atoms with van der Waals surface area (Å²) in [5, 5.41) is 3.17. The van der Waals surface area contributed by atoms with Gasteiger partial charge in [0, 0.05) is 18.3 Å². The Morgan fingerprint density at radius 1 is 1.15 bits per heavy atom. The number of hydrogen-bond acceptors (Lipinski definition) is 5. The number of anilines is 1. The lowest BCUT2D eigenvalue weighted by Gasteiger charge is -2.07. The molecule has 0 saturated carbocycles. The Morgan fingerprint density at radius 2 is 1.85 bits per heavy atom. The summed E-state index contributed by atoms with van der Waals surface area (Å²) in [5.74, 6) is 0.868. The monoisotopic (exact) mass is 291 g/mol. The van der Waals surface area contributed by atoms with Crippen molar-refractivity contribution in [1.82, 2.24) is 9.97 Å². The van der Waals surface area contributed by atoms with E-state index in [9.17, 15) is 8.42 Å². The Morgan fingerprint density at radius 3 is 2.45 bits per heavy atom. The Balaban J connectivity index is 2.05. The van der Waals surface area contributed by atoms with E-state index in [0.717, 1.165) is 17.1 Å². The number of nitrogens with zero attached hydrogens (tertiary/aromatic N) is 2. The summed E-state index contributed by atoms with van der Waals surface area (Å²) in [6.07, 6.45) is 1.51. The van der Waals surface area contributed by atoms with Crippen molar-refractivity contribution in [2.75, 3.05) is 11.1 Å². The van der Waals surface area contributed by atoms with Gasteiger partial charge < -0.3 is 5.32 Å². The number of benzene rings is 1. The predicted molar refractivity (Wildman–Crippen MR) is 78.3 cm³/mol. The van der Waals surface area contributed by atoms with E-state index in [1.807, 2.05) is 25.1 Å². The van der Waals surface area contributed by atoms with Crippen LogP contribution in [-0.2, 0) is 16.4 Å². The molecule has 20 heavy (non-hydrogen) atoms. The van der Waals surface area contributed by atoms with Crippen molar-refractivity contribution < 1.29 is 8.42 Å². The standard InChI is InChI=1S/C14H17N3O2S/c1-3-20(18,19)13-6-4-12(5-7-13)9-15-14-8-11(2)16-10-17-14/h4-8,10H,3,9H2,1-2H3,(H,15,16,17). The molecule has 0 bridgehead atoms. The van der Waals surface area contributed by atoms with E-state index in [-0.39, 0.29) is 5.75 Å². The lowest BCUT2D eigenvalue weighted by Crippen LogP contribution is -2.05. The molecule has 0 radical (unpaired) electrons. The Kier molecular flexibility index (Phi) is 4.34. The van der Waals surface area contributed by atoms with E-state index >= 15 is 0 Å². The average Bonchev–Trinajstić information content (AvgIpc) is 2.46. The van der Waals surface area contributed by atoms with Crippen molar-refractivity contribution in [2.45, 2.75) is 25.3 Å². The molecule has 0 atom stereocenters. The molecule has 0 saturated heterocycles. The zero-order valence-electron chi connectivity index (χ0n) is 11.5. The van der Waals surface area contributed by atoms with Gasteiger partial charge in [-0.25, -0.2) is 18.4 Å². The van der Waals surface area contributed by atoms with Crippen LogP contribution < -0.4 is 5.32 Å². The Hall–Kier alpha value is -1.95. The van der Waals surface area contributed by atoms with Gasteiger partial charge in [-0.3, -0.25) is 0 Å². The van der Waals surface area contributed by atoms with Crippen molar-refractivity contribution in [1.29, 1.82) is 0 Å². The van der Waals surface area contributed by atoms with Crippen molar-refractivity contribution in [3.05, 3.63) is 47.9 Å². The molecule has 0 fully saturated rings. The number of sulfone groups is 1. The van der Waals surface area contributed by atoms with E-state index in [4.69, 9.17) is 0 Å². The van der Waals surface area contributed by atoms with Crippen LogP contribution in [0.1, 0.15) is 18.2 Å². The summed E-state index contributed by atoms with van der Waals surface area (Å²) in [5.41, 5.74) is 1.89. The molecule has 0 aliphatic carbocycles. The van der Waals surface area contributed by atoms with Crippen LogP contribution in [0.4, 0.5) is 5.82 Å². The molecule has 0 aliphatic heterocycles. The smallest absolute Gasteiger partial charge is 0.178 e. The third-order valence-electron chi connectivity index (χ3n) is 2.94. The fraction of sp³-hybridized carbons (Fsp3) is 0.286. The molecule has 2 rings (SSSR count). The quantitative estimate of drug-likeness (QED) is 0.914. The Labute approximate surface area is 119 Å². The van der Waals surface area contributed by atoms with Gasteiger partial charge in [0.05, 0.1) is 10.6 Å². The summed E-state index contributed by atoms with van der Waals surface area (Å²) in [4.78, 5) is 8.49. The average molecular weight is 291 g/mol. The van der Waals surface area contributed by atoms with Crippen LogP contribution in [0.2, 0.25) is 0 Å². The summed E-state index contributed by atoms with van der Waals surface area (Å²) < 4.78 is 23.4. The van der Waals surface area contributed by atoms with Gasteiger partial charge in [-0.2, -0.15) is 0 Å². The van der Waals surface area contributed by atoms with Crippen molar-refractivity contribution >= 4 is 15.7 Å². The molecule has 5 nitrogen and oxygen atoms in total. The van der Waals surface area contributed by atoms with Crippen molar-refractivity contribution in [2.24, 2.45) is 0 Å². The van der Waals surface area contributed by atoms with E-state index in [2.05, 4.69) is 15.3 Å². The van der Waals surface area contributed by atoms with Gasteiger partial charge in [-0.1, -0.05) is 19.1 Å². The van der Waals surface area contributed by atoms with Gasteiger partial charge in [-0.15, -0.1) is 0 Å². The first-order valence-electron chi connectivity index (χ1n) is 6.35. The molecule has 6 heteroatoms. The van der Waals surface area contributed by atoms with Crippen LogP contribution in [0.5, 0.6) is 0 Å². The minimum Gasteiger partial charge on any atom is -0.366 e. The zero-order chi connectivity index (χ0) is 14.6. The summed E-state index contributed by atoms with van der Waals surface area (Å²) in [7, 11) is -3.13. The highest BCUT2D eigenvalue weighted by Gasteiger charge is 2.10. The Bertz CT molecular complexity index is 682. The van der Waals surface area contributed by atoms with E-state index in [1.54, 1.807) is 19.1 Å². The van der Waals surface area contributed by atoms with Gasteiger partial charge in [0.15, 0.2) is 9.84 Å². The van der Waals surface area contributed by atoms with Crippen LogP contribution in [0.25, 0.3) is 0 Å². The van der Waals surface area contributed by atoms with E-state index in [0.29, 0.717) is 11.4 Å². The number of hydrogen-bond donors (Lipinski definition) is 1. The molecule has 1 heterocycles. The minimum absolute atomic E-state index is 0.116. The van der Waals surface area contributed by atoms with Crippen LogP contribution in [0.15, 0.2) is 41.6 Å². The molecule has 106 valence electrons. The second kappa shape index (κ2) is 6.00. The van der Waals surface area contributed by atoms with Gasteiger partial charge in [0.2, 0.25) is 0 Å². The first-order valence-corrected chi connectivity index (χ1v) is 8.00. The van der Waals surface area contributed by atoms with E-state index < -0.39 is 9.84 Å². The van der Waals surface area contributed by atoms with Crippen LogP contribution in [0.3, 0.4) is 0 Å². The third-order valence-corrected chi connectivity index (χ3v) is 4.69. The zero-order valence-corrected chi connectivity index (χ0v) is 12.3. The molecular formula is C14H17N3O2S. The second-order valence-corrected chi connectivity index (χ2v) is 6.72. The molecule has 0 aliphatic rings. The summed E-state index contributed by atoms with van der Waals surface area (Å²) >= 11 is 0. The minimum atomic E-state index is -3.13. The third kappa shape index (κ3) is 3.54. The number of aryl methyl sites for hydroxylation is 1. The number of rotatable bonds is 5. The molecule has 1 aromatic carbocycles. The largest absolute Gasteiger partial charge is 0.366 e. The van der Waals surface area contributed by atoms with Crippen LogP contribution in [-0.4, -0.2) is 24.1 Å². The maximum absolute atomic E-state index is 11.7. The maximum atomic E-state index is 11.7. The maximum Gasteiger partial charge on any atom is 0.178 e. The lowest BCUT2D eigenvalue weighted by molar-refractivity contribution is 0.597. The van der Waals surface area contributed by atoms with Crippen molar-refractivity contribution in [3.63, 3.8) is 0 Å². The SMILES string of the molecule is CCS(=O)(=O)c1ccc(CNc2cc(C)ncn2)cc1. The van der Waals surface area contributed by atoms with Crippen LogP contribution in [0, 0.1) is 6.92 Å². The fourth-order valence-corrected chi connectivity index (χ4v) is 2.61. The number of nitrogens with one attached hydrogen (secondary N) is 1. The molecule has 0 amide bonds. The van der Waals surface area contributed by atoms with E-state index in [1.165, 1.54) is 6.33 Å². The molecular weight excluding hydrogens is 274 g/mol. The van der Waals surface area contributed by atoms with Gasteiger partial charge >= 0.3 is 0 Å². The summed E-state index contributed by atoms with van der Waals surface area (Å²) in [6, 6.07) is 8.76. The molecule has 1 N–H and O–H groups in total. The summed E-state index contributed by atoms with van der Waals surface area (Å²) in [6.45, 7) is 4.13. The molecule has 0 unspecified atom stereocenters. The molecule has 0 spiro atoms. The highest BCUT2D eigenvalue weighted by Crippen LogP contribution is 2.13. The molecule has 2 aromatic rings. The van der Waals surface area contributed by atoms with Gasteiger partial charge in [0.25, 0.3) is 0 Å². The highest BCUT2D eigenvalue weighted by atomic mass is 32.2. The second-order valence-electron chi connectivity index (χ2n) is 4.45.